The Morgan fingerprint density at radius 3 is 2.76 bits per heavy atom. The predicted octanol–water partition coefficient (Wildman–Crippen LogP) is 3.00. The molecule has 5 nitrogen and oxygen atoms in total. The molecule has 2 aromatic rings. The third-order valence-electron chi connectivity index (χ3n) is 2.55. The fraction of sp³-hybridized carbons (Fsp3) is 0.308. The van der Waals surface area contributed by atoms with Crippen molar-refractivity contribution in [3.8, 4) is 17.5 Å². The number of hydrogen-bond donors (Lipinski definition) is 0. The lowest BCUT2D eigenvalue weighted by Crippen LogP contribution is -2.16. The Labute approximate surface area is 118 Å². The van der Waals surface area contributed by atoms with Crippen LogP contribution in [0.5, 0.6) is 0 Å². The summed E-state index contributed by atoms with van der Waals surface area (Å²) in [6, 6.07) is 6.88. The molecule has 0 N–H and O–H groups in total. The maximum absolute atomic E-state index is 11.9. The number of ether oxygens (including phenoxy) is 1. The molecule has 0 aliphatic rings. The van der Waals surface area contributed by atoms with Crippen molar-refractivity contribution in [3.63, 3.8) is 0 Å². The Balaban J connectivity index is 2.08. The van der Waals surface area contributed by atoms with Crippen molar-refractivity contribution in [3.05, 3.63) is 35.2 Å². The van der Waals surface area contributed by atoms with Gasteiger partial charge in [-0.1, -0.05) is 5.16 Å². The van der Waals surface area contributed by atoms with E-state index >= 15 is 0 Å². The van der Waals surface area contributed by atoms with Crippen LogP contribution >= 0.6 is 0 Å². The molecule has 0 aliphatic carbocycles. The van der Waals surface area contributed by atoms with E-state index in [1.54, 1.807) is 25.1 Å². The van der Waals surface area contributed by atoms with Gasteiger partial charge in [-0.15, -0.1) is 0 Å². The summed E-state index contributed by atoms with van der Waals surface area (Å²) in [6.45, 7) is 0.00526. The lowest BCUT2D eigenvalue weighted by molar-refractivity contribution is -0.177. The molecule has 0 saturated heterocycles. The van der Waals surface area contributed by atoms with Gasteiger partial charge in [-0.3, -0.25) is 0 Å². The average molecular weight is 297 g/mol. The van der Waals surface area contributed by atoms with Gasteiger partial charge in [0.25, 0.3) is 5.89 Å². The molecule has 0 atom stereocenters. The number of hydrogen-bond acceptors (Lipinski definition) is 5. The summed E-state index contributed by atoms with van der Waals surface area (Å²) in [6.07, 6.45) is -4.39. The van der Waals surface area contributed by atoms with Crippen LogP contribution < -0.4 is 0 Å². The van der Waals surface area contributed by atoms with Gasteiger partial charge in [0, 0.05) is 5.56 Å². The number of benzene rings is 1. The zero-order chi connectivity index (χ0) is 15.5. The van der Waals surface area contributed by atoms with Crippen LogP contribution in [0.15, 0.2) is 22.7 Å². The molecule has 0 amide bonds. The number of nitrogens with zero attached hydrogens (tertiary/aromatic N) is 3. The van der Waals surface area contributed by atoms with Crippen LogP contribution in [0.4, 0.5) is 13.2 Å². The summed E-state index contributed by atoms with van der Waals surface area (Å²) in [5.41, 5.74) is 1.86. The number of halogens is 3. The van der Waals surface area contributed by atoms with Crippen LogP contribution in [0.3, 0.4) is 0 Å². The van der Waals surface area contributed by atoms with E-state index < -0.39 is 19.4 Å². The predicted molar refractivity (Wildman–Crippen MR) is 64.9 cm³/mol. The second-order valence-electron chi connectivity index (χ2n) is 4.27. The molecule has 0 saturated carbocycles. The Morgan fingerprint density at radius 2 is 2.14 bits per heavy atom. The van der Waals surface area contributed by atoms with Gasteiger partial charge in [0.2, 0.25) is 0 Å². The SMILES string of the molecule is Cc1cc(C#N)ccc1-c1nc(COCC(F)(F)F)no1. The summed E-state index contributed by atoms with van der Waals surface area (Å²) in [5.74, 6) is 0.195. The minimum Gasteiger partial charge on any atom is -0.364 e. The van der Waals surface area contributed by atoms with Gasteiger partial charge in [0.1, 0.15) is 13.2 Å². The van der Waals surface area contributed by atoms with E-state index in [4.69, 9.17) is 9.78 Å². The van der Waals surface area contributed by atoms with Crippen LogP contribution in [-0.2, 0) is 11.3 Å². The first kappa shape index (κ1) is 15.0. The molecule has 0 spiro atoms. The summed E-state index contributed by atoms with van der Waals surface area (Å²) in [7, 11) is 0. The van der Waals surface area contributed by atoms with Crippen molar-refractivity contribution >= 4 is 0 Å². The Hall–Kier alpha value is -2.40. The highest BCUT2D eigenvalue weighted by Gasteiger charge is 2.27. The molecule has 1 aromatic carbocycles. The van der Waals surface area contributed by atoms with Crippen molar-refractivity contribution in [1.82, 2.24) is 10.1 Å². The molecule has 110 valence electrons. The van der Waals surface area contributed by atoms with Crippen molar-refractivity contribution < 1.29 is 22.4 Å². The number of aryl methyl sites for hydroxylation is 1. The van der Waals surface area contributed by atoms with Gasteiger partial charge >= 0.3 is 6.18 Å². The zero-order valence-corrected chi connectivity index (χ0v) is 10.9. The fourth-order valence-electron chi connectivity index (χ4n) is 1.65. The quantitative estimate of drug-likeness (QED) is 0.867. The highest BCUT2D eigenvalue weighted by Crippen LogP contribution is 2.23. The zero-order valence-electron chi connectivity index (χ0n) is 10.9. The molecule has 0 unspecified atom stereocenters. The number of rotatable bonds is 4. The Kier molecular flexibility index (Phi) is 4.23. The topological polar surface area (TPSA) is 71.9 Å². The molecule has 2 rings (SSSR count). The Morgan fingerprint density at radius 1 is 1.38 bits per heavy atom. The first-order valence-electron chi connectivity index (χ1n) is 5.87. The van der Waals surface area contributed by atoms with E-state index in [1.807, 2.05) is 6.07 Å². The van der Waals surface area contributed by atoms with E-state index in [9.17, 15) is 13.2 Å². The van der Waals surface area contributed by atoms with Crippen LogP contribution in [-0.4, -0.2) is 22.9 Å². The van der Waals surface area contributed by atoms with E-state index in [0.717, 1.165) is 5.56 Å². The van der Waals surface area contributed by atoms with E-state index in [-0.39, 0.29) is 11.7 Å². The van der Waals surface area contributed by atoms with Crippen molar-refractivity contribution in [2.24, 2.45) is 0 Å². The van der Waals surface area contributed by atoms with Gasteiger partial charge in [0.15, 0.2) is 5.82 Å². The minimum atomic E-state index is -4.39. The molecule has 8 heteroatoms. The number of alkyl halides is 3. The molecule has 21 heavy (non-hydrogen) atoms. The molecule has 0 aliphatic heterocycles. The minimum absolute atomic E-state index is 0.0259. The molecule has 0 fully saturated rings. The van der Waals surface area contributed by atoms with Crippen molar-refractivity contribution in [1.29, 1.82) is 5.26 Å². The molecular formula is C13H10F3N3O2. The molecular weight excluding hydrogens is 287 g/mol. The molecule has 1 aromatic heterocycles. The fourth-order valence-corrected chi connectivity index (χ4v) is 1.65. The first-order valence-corrected chi connectivity index (χ1v) is 5.87. The average Bonchev–Trinajstić information content (AvgIpc) is 2.85. The summed E-state index contributed by atoms with van der Waals surface area (Å²) < 4.78 is 45.2. The maximum atomic E-state index is 11.9. The standard InChI is InChI=1S/C13H10F3N3O2/c1-8-4-9(5-17)2-3-10(8)12-18-11(19-21-12)6-20-7-13(14,15)16/h2-4H,6-7H2,1H3. The summed E-state index contributed by atoms with van der Waals surface area (Å²) in [5, 5.41) is 12.3. The van der Waals surface area contributed by atoms with Gasteiger partial charge in [-0.2, -0.15) is 23.4 Å². The van der Waals surface area contributed by atoms with E-state index in [0.29, 0.717) is 11.1 Å². The Bertz CT molecular complexity index is 674. The monoisotopic (exact) mass is 297 g/mol. The number of nitriles is 1. The molecule has 0 radical (unpaired) electrons. The normalized spacial score (nSPS) is 11.4. The largest absolute Gasteiger partial charge is 0.411 e. The molecule has 1 heterocycles. The highest BCUT2D eigenvalue weighted by atomic mass is 19.4. The van der Waals surface area contributed by atoms with Crippen molar-refractivity contribution in [2.45, 2.75) is 19.7 Å². The third-order valence-corrected chi connectivity index (χ3v) is 2.55. The van der Waals surface area contributed by atoms with Gasteiger partial charge in [-0.05, 0) is 30.7 Å². The van der Waals surface area contributed by atoms with Crippen LogP contribution in [0, 0.1) is 18.3 Å². The smallest absolute Gasteiger partial charge is 0.364 e. The third kappa shape index (κ3) is 4.03. The highest BCUT2D eigenvalue weighted by molar-refractivity contribution is 5.60. The maximum Gasteiger partial charge on any atom is 0.411 e. The van der Waals surface area contributed by atoms with E-state index in [2.05, 4.69) is 14.9 Å². The van der Waals surface area contributed by atoms with Crippen molar-refractivity contribution in [2.75, 3.05) is 6.61 Å². The van der Waals surface area contributed by atoms with Gasteiger partial charge in [0.05, 0.1) is 11.6 Å². The first-order chi connectivity index (χ1) is 9.89. The lowest BCUT2D eigenvalue weighted by atomic mass is 10.1. The van der Waals surface area contributed by atoms with Crippen LogP contribution in [0.25, 0.3) is 11.5 Å². The van der Waals surface area contributed by atoms with Gasteiger partial charge in [-0.25, -0.2) is 0 Å². The van der Waals surface area contributed by atoms with Crippen LogP contribution in [0.1, 0.15) is 17.0 Å². The summed E-state index contributed by atoms with van der Waals surface area (Å²) in [4.78, 5) is 3.96. The second-order valence-corrected chi connectivity index (χ2v) is 4.27. The summed E-state index contributed by atoms with van der Waals surface area (Å²) >= 11 is 0. The van der Waals surface area contributed by atoms with E-state index in [1.165, 1.54) is 0 Å². The van der Waals surface area contributed by atoms with Crippen LogP contribution in [0.2, 0.25) is 0 Å². The van der Waals surface area contributed by atoms with Gasteiger partial charge < -0.3 is 9.26 Å². The lowest BCUT2D eigenvalue weighted by Gasteiger charge is -2.04. The number of aromatic nitrogens is 2. The second kappa shape index (κ2) is 5.93. The molecule has 0 bridgehead atoms.